The van der Waals surface area contributed by atoms with E-state index in [1.54, 1.807) is 0 Å². The number of nitrogens with zero attached hydrogens (tertiary/aromatic N) is 3. The van der Waals surface area contributed by atoms with Crippen LogP contribution in [-0.2, 0) is 6.54 Å². The van der Waals surface area contributed by atoms with Crippen molar-refractivity contribution in [3.63, 3.8) is 0 Å². The van der Waals surface area contributed by atoms with Gasteiger partial charge in [0.15, 0.2) is 0 Å². The highest BCUT2D eigenvalue weighted by Gasteiger charge is 2.12. The molecule has 0 amide bonds. The van der Waals surface area contributed by atoms with Gasteiger partial charge < -0.3 is 9.88 Å². The number of imidazole rings is 1. The summed E-state index contributed by atoms with van der Waals surface area (Å²) in [7, 11) is 0. The minimum Gasteiger partial charge on any atom is -0.324 e. The zero-order valence-corrected chi connectivity index (χ0v) is 10.8. The summed E-state index contributed by atoms with van der Waals surface area (Å²) in [6, 6.07) is 2.45. The molecule has 92 valence electrons. The minimum absolute atomic E-state index is 0.417. The normalized spacial score (nSPS) is 11.5. The molecule has 0 unspecified atom stereocenters. The molecule has 17 heavy (non-hydrogen) atoms. The smallest absolute Gasteiger partial charge is 0.124 e. The van der Waals surface area contributed by atoms with Crippen molar-refractivity contribution in [2.24, 2.45) is 0 Å². The summed E-state index contributed by atoms with van der Waals surface area (Å²) in [5.41, 5.74) is 2.15. The standard InChI is InChI=1S/C13H20N4/c1-4-6-14-9-13-16-11-8-15-7-5-12(11)17(13)10(2)3/h5,7-8,10,14H,4,6,9H2,1-3H3. The second-order valence-corrected chi connectivity index (χ2v) is 4.53. The first-order chi connectivity index (χ1) is 8.24. The van der Waals surface area contributed by atoms with Crippen LogP contribution in [0.15, 0.2) is 18.5 Å². The Morgan fingerprint density at radius 3 is 2.94 bits per heavy atom. The van der Waals surface area contributed by atoms with E-state index in [-0.39, 0.29) is 0 Å². The third-order valence-electron chi connectivity index (χ3n) is 2.79. The summed E-state index contributed by atoms with van der Waals surface area (Å²) in [6.45, 7) is 8.39. The number of fused-ring (bicyclic) bond motifs is 1. The van der Waals surface area contributed by atoms with Crippen molar-refractivity contribution >= 4 is 11.0 Å². The fraction of sp³-hybridized carbons (Fsp3) is 0.538. The minimum atomic E-state index is 0.417. The summed E-state index contributed by atoms with van der Waals surface area (Å²) in [6.07, 6.45) is 4.80. The maximum Gasteiger partial charge on any atom is 0.124 e. The molecule has 0 saturated carbocycles. The highest BCUT2D eigenvalue weighted by molar-refractivity contribution is 5.74. The van der Waals surface area contributed by atoms with Crippen LogP contribution in [0.1, 0.15) is 39.1 Å². The van der Waals surface area contributed by atoms with Gasteiger partial charge in [-0.25, -0.2) is 4.98 Å². The Labute approximate surface area is 102 Å². The van der Waals surface area contributed by atoms with E-state index in [1.807, 2.05) is 18.5 Å². The number of aromatic nitrogens is 3. The highest BCUT2D eigenvalue weighted by atomic mass is 15.1. The lowest BCUT2D eigenvalue weighted by Crippen LogP contribution is -2.18. The maximum atomic E-state index is 4.64. The van der Waals surface area contributed by atoms with Crippen LogP contribution >= 0.6 is 0 Å². The molecule has 0 atom stereocenters. The fourth-order valence-electron chi connectivity index (χ4n) is 2.08. The third kappa shape index (κ3) is 2.47. The molecule has 2 rings (SSSR count). The van der Waals surface area contributed by atoms with Crippen LogP contribution < -0.4 is 5.32 Å². The average molecular weight is 232 g/mol. The van der Waals surface area contributed by atoms with E-state index in [0.717, 1.165) is 30.9 Å². The van der Waals surface area contributed by atoms with E-state index < -0.39 is 0 Å². The van der Waals surface area contributed by atoms with E-state index in [0.29, 0.717) is 6.04 Å². The third-order valence-corrected chi connectivity index (χ3v) is 2.79. The Morgan fingerprint density at radius 2 is 2.24 bits per heavy atom. The van der Waals surface area contributed by atoms with E-state index in [4.69, 9.17) is 0 Å². The molecule has 4 nitrogen and oxygen atoms in total. The van der Waals surface area contributed by atoms with Gasteiger partial charge in [-0.05, 0) is 32.9 Å². The van der Waals surface area contributed by atoms with Gasteiger partial charge in [-0.1, -0.05) is 6.92 Å². The zero-order valence-electron chi connectivity index (χ0n) is 10.8. The lowest BCUT2D eigenvalue weighted by atomic mass is 10.3. The SMILES string of the molecule is CCCNCc1nc2cnccc2n1C(C)C. The molecule has 4 heteroatoms. The van der Waals surface area contributed by atoms with Crippen LogP contribution in [0.2, 0.25) is 0 Å². The molecule has 2 aromatic rings. The molecular weight excluding hydrogens is 212 g/mol. The first-order valence-corrected chi connectivity index (χ1v) is 6.25. The summed E-state index contributed by atoms with van der Waals surface area (Å²) in [5.74, 6) is 1.09. The van der Waals surface area contributed by atoms with Crippen LogP contribution in [0.25, 0.3) is 11.0 Å². The summed E-state index contributed by atoms with van der Waals surface area (Å²) in [5, 5.41) is 3.40. The highest BCUT2D eigenvalue weighted by Crippen LogP contribution is 2.19. The first kappa shape index (κ1) is 12.0. The molecule has 0 aliphatic carbocycles. The molecule has 0 aromatic carbocycles. The molecule has 0 aliphatic rings. The molecule has 0 fully saturated rings. The van der Waals surface area contributed by atoms with Crippen molar-refractivity contribution in [2.75, 3.05) is 6.54 Å². The molecule has 1 N–H and O–H groups in total. The fourth-order valence-corrected chi connectivity index (χ4v) is 2.08. The van der Waals surface area contributed by atoms with Gasteiger partial charge >= 0.3 is 0 Å². The molecule has 0 radical (unpaired) electrons. The van der Waals surface area contributed by atoms with Crippen molar-refractivity contribution in [2.45, 2.75) is 39.8 Å². The predicted octanol–water partition coefficient (Wildman–Crippen LogP) is 2.51. The Hall–Kier alpha value is -1.42. The quantitative estimate of drug-likeness (QED) is 0.805. The van der Waals surface area contributed by atoms with Crippen LogP contribution in [0, 0.1) is 0 Å². The van der Waals surface area contributed by atoms with Gasteiger partial charge in [-0.15, -0.1) is 0 Å². The number of pyridine rings is 1. The Morgan fingerprint density at radius 1 is 1.41 bits per heavy atom. The van der Waals surface area contributed by atoms with Crippen molar-refractivity contribution < 1.29 is 0 Å². The number of rotatable bonds is 5. The Bertz CT molecular complexity index is 487. The molecule has 0 bridgehead atoms. The van der Waals surface area contributed by atoms with Gasteiger partial charge in [0.25, 0.3) is 0 Å². The second-order valence-electron chi connectivity index (χ2n) is 4.53. The largest absolute Gasteiger partial charge is 0.324 e. The lowest BCUT2D eigenvalue weighted by molar-refractivity contribution is 0.553. The topological polar surface area (TPSA) is 42.7 Å². The second kappa shape index (κ2) is 5.27. The van der Waals surface area contributed by atoms with Crippen molar-refractivity contribution in [3.8, 4) is 0 Å². The van der Waals surface area contributed by atoms with Gasteiger partial charge in [-0.3, -0.25) is 4.98 Å². The van der Waals surface area contributed by atoms with E-state index >= 15 is 0 Å². The van der Waals surface area contributed by atoms with E-state index in [2.05, 4.69) is 40.6 Å². The van der Waals surface area contributed by atoms with Gasteiger partial charge in [0.1, 0.15) is 11.3 Å². The van der Waals surface area contributed by atoms with Crippen molar-refractivity contribution in [3.05, 3.63) is 24.3 Å². The predicted molar refractivity (Wildman–Crippen MR) is 69.9 cm³/mol. The summed E-state index contributed by atoms with van der Waals surface area (Å²) >= 11 is 0. The molecule has 0 aliphatic heterocycles. The molecule has 0 saturated heterocycles. The Kier molecular flexibility index (Phi) is 3.74. The van der Waals surface area contributed by atoms with Crippen LogP contribution in [-0.4, -0.2) is 21.1 Å². The van der Waals surface area contributed by atoms with Gasteiger partial charge in [0.05, 0.1) is 18.3 Å². The number of nitrogens with one attached hydrogen (secondary N) is 1. The van der Waals surface area contributed by atoms with Gasteiger partial charge in [0, 0.05) is 12.2 Å². The Balaban J connectivity index is 2.36. The first-order valence-electron chi connectivity index (χ1n) is 6.25. The molecular formula is C13H20N4. The van der Waals surface area contributed by atoms with Crippen LogP contribution in [0.5, 0.6) is 0 Å². The maximum absolute atomic E-state index is 4.64. The summed E-state index contributed by atoms with van der Waals surface area (Å²) < 4.78 is 2.28. The number of hydrogen-bond acceptors (Lipinski definition) is 3. The van der Waals surface area contributed by atoms with Crippen LogP contribution in [0.4, 0.5) is 0 Å². The lowest BCUT2D eigenvalue weighted by Gasteiger charge is -2.13. The van der Waals surface area contributed by atoms with Gasteiger partial charge in [-0.2, -0.15) is 0 Å². The monoisotopic (exact) mass is 232 g/mol. The molecule has 0 spiro atoms. The van der Waals surface area contributed by atoms with Gasteiger partial charge in [0.2, 0.25) is 0 Å². The van der Waals surface area contributed by atoms with Crippen molar-refractivity contribution in [1.82, 2.24) is 19.9 Å². The van der Waals surface area contributed by atoms with Crippen LogP contribution in [0.3, 0.4) is 0 Å². The van der Waals surface area contributed by atoms with E-state index in [1.165, 1.54) is 5.52 Å². The van der Waals surface area contributed by atoms with Crippen molar-refractivity contribution in [1.29, 1.82) is 0 Å². The number of hydrogen-bond donors (Lipinski definition) is 1. The zero-order chi connectivity index (χ0) is 12.3. The van der Waals surface area contributed by atoms with E-state index in [9.17, 15) is 0 Å². The summed E-state index contributed by atoms with van der Waals surface area (Å²) in [4.78, 5) is 8.77. The molecule has 2 heterocycles. The molecule has 2 aromatic heterocycles. The average Bonchev–Trinajstić information content (AvgIpc) is 2.67.